The molecule has 0 N–H and O–H groups in total. The van der Waals surface area contributed by atoms with E-state index < -0.39 is 0 Å². The number of hydrogen-bond donors (Lipinski definition) is 0. The van der Waals surface area contributed by atoms with Crippen molar-refractivity contribution >= 4 is 0 Å². The average Bonchev–Trinajstić information content (AvgIpc) is 2.06. The summed E-state index contributed by atoms with van der Waals surface area (Å²) in [4.78, 5) is 0. The van der Waals surface area contributed by atoms with E-state index in [1.54, 1.807) is 0 Å². The first-order valence-electron chi connectivity index (χ1n) is 4.81. The van der Waals surface area contributed by atoms with Crippen LogP contribution in [0.5, 0.6) is 0 Å². The number of ether oxygens (including phenoxy) is 1. The highest BCUT2D eigenvalue weighted by atomic mass is 16.5. The van der Waals surface area contributed by atoms with Gasteiger partial charge in [-0.15, -0.1) is 0 Å². The molecule has 1 heteroatoms. The minimum absolute atomic E-state index is 0.398. The zero-order chi connectivity index (χ0) is 9.31. The second kappa shape index (κ2) is 3.15. The molecule has 0 aliphatic carbocycles. The van der Waals surface area contributed by atoms with Crippen molar-refractivity contribution in [3.05, 3.63) is 35.4 Å². The Hall–Kier alpha value is -0.820. The molecule has 0 saturated carbocycles. The third-order valence-corrected chi connectivity index (χ3v) is 2.65. The molecule has 1 nitrogen and oxygen atoms in total. The first kappa shape index (κ1) is 8.76. The monoisotopic (exact) mass is 176 g/mol. The van der Waals surface area contributed by atoms with Gasteiger partial charge in [0.1, 0.15) is 0 Å². The van der Waals surface area contributed by atoms with E-state index in [1.165, 1.54) is 11.1 Å². The molecule has 1 fully saturated rings. The van der Waals surface area contributed by atoms with Gasteiger partial charge in [0.25, 0.3) is 0 Å². The van der Waals surface area contributed by atoms with Crippen LogP contribution in [0.2, 0.25) is 0 Å². The van der Waals surface area contributed by atoms with Gasteiger partial charge in [0.05, 0.1) is 13.2 Å². The Morgan fingerprint density at radius 1 is 1.23 bits per heavy atom. The maximum atomic E-state index is 5.23. The van der Waals surface area contributed by atoms with Crippen LogP contribution >= 0.6 is 0 Å². The molecule has 1 heterocycles. The Bertz CT molecular complexity index is 282. The van der Waals surface area contributed by atoms with Crippen molar-refractivity contribution in [2.75, 3.05) is 13.2 Å². The van der Waals surface area contributed by atoms with Gasteiger partial charge in [-0.1, -0.05) is 36.8 Å². The molecule has 1 saturated heterocycles. The molecule has 1 aromatic rings. The second-order valence-electron chi connectivity index (χ2n) is 4.47. The Labute approximate surface area is 79.7 Å². The first-order chi connectivity index (χ1) is 6.18. The average molecular weight is 176 g/mol. The zero-order valence-electron chi connectivity index (χ0n) is 8.34. The molecule has 0 unspecified atom stereocenters. The van der Waals surface area contributed by atoms with Crippen molar-refractivity contribution in [1.29, 1.82) is 0 Å². The molecule has 1 aliphatic rings. The molecule has 1 aliphatic heterocycles. The Balaban J connectivity index is 2.05. The van der Waals surface area contributed by atoms with Crippen molar-refractivity contribution in [3.8, 4) is 0 Å². The SMILES string of the molecule is Cc1ccc(CC2(C)COC2)cc1. The minimum Gasteiger partial charge on any atom is -0.380 e. The number of benzene rings is 1. The second-order valence-corrected chi connectivity index (χ2v) is 4.47. The van der Waals surface area contributed by atoms with Crippen LogP contribution in [0.25, 0.3) is 0 Å². The summed E-state index contributed by atoms with van der Waals surface area (Å²) in [6.07, 6.45) is 1.15. The van der Waals surface area contributed by atoms with Gasteiger partial charge in [-0.05, 0) is 18.9 Å². The van der Waals surface area contributed by atoms with E-state index in [2.05, 4.69) is 38.1 Å². The van der Waals surface area contributed by atoms with Crippen molar-refractivity contribution in [3.63, 3.8) is 0 Å². The van der Waals surface area contributed by atoms with Gasteiger partial charge in [-0.2, -0.15) is 0 Å². The molecule has 2 rings (SSSR count). The first-order valence-corrected chi connectivity index (χ1v) is 4.81. The van der Waals surface area contributed by atoms with Crippen LogP contribution in [0.3, 0.4) is 0 Å². The summed E-state index contributed by atoms with van der Waals surface area (Å²) in [6.45, 7) is 6.25. The quantitative estimate of drug-likeness (QED) is 0.673. The fraction of sp³-hybridized carbons (Fsp3) is 0.500. The van der Waals surface area contributed by atoms with Crippen LogP contribution in [0, 0.1) is 12.3 Å². The van der Waals surface area contributed by atoms with E-state index in [9.17, 15) is 0 Å². The van der Waals surface area contributed by atoms with Crippen molar-refractivity contribution in [2.45, 2.75) is 20.3 Å². The van der Waals surface area contributed by atoms with E-state index in [1.807, 2.05) is 0 Å². The fourth-order valence-electron chi connectivity index (χ4n) is 1.75. The zero-order valence-corrected chi connectivity index (χ0v) is 8.34. The summed E-state index contributed by atoms with van der Waals surface area (Å²) in [5.41, 5.74) is 3.16. The molecule has 0 spiro atoms. The van der Waals surface area contributed by atoms with Gasteiger partial charge >= 0.3 is 0 Å². The fourth-order valence-corrected chi connectivity index (χ4v) is 1.75. The van der Waals surface area contributed by atoms with Gasteiger partial charge in [-0.25, -0.2) is 0 Å². The van der Waals surface area contributed by atoms with Gasteiger partial charge in [0.2, 0.25) is 0 Å². The lowest BCUT2D eigenvalue weighted by molar-refractivity contribution is -0.100. The van der Waals surface area contributed by atoms with E-state index in [0.29, 0.717) is 5.41 Å². The highest BCUT2D eigenvalue weighted by Crippen LogP contribution is 2.30. The smallest absolute Gasteiger partial charge is 0.0545 e. The summed E-state index contributed by atoms with van der Waals surface area (Å²) >= 11 is 0. The Kier molecular flexibility index (Phi) is 2.12. The topological polar surface area (TPSA) is 9.23 Å². The third kappa shape index (κ3) is 1.92. The summed E-state index contributed by atoms with van der Waals surface area (Å²) in [7, 11) is 0. The van der Waals surface area contributed by atoms with Crippen LogP contribution in [0.1, 0.15) is 18.1 Å². The largest absolute Gasteiger partial charge is 0.380 e. The van der Waals surface area contributed by atoms with Gasteiger partial charge < -0.3 is 4.74 Å². The standard InChI is InChI=1S/C12H16O/c1-10-3-5-11(6-4-10)7-12(2)8-13-9-12/h3-6H,7-9H2,1-2H3. The molecule has 0 radical (unpaired) electrons. The molecular weight excluding hydrogens is 160 g/mol. The number of rotatable bonds is 2. The lowest BCUT2D eigenvalue weighted by Gasteiger charge is -2.38. The predicted molar refractivity (Wildman–Crippen MR) is 53.8 cm³/mol. The summed E-state index contributed by atoms with van der Waals surface area (Å²) in [5.74, 6) is 0. The van der Waals surface area contributed by atoms with Crippen LogP contribution < -0.4 is 0 Å². The number of hydrogen-bond acceptors (Lipinski definition) is 1. The van der Waals surface area contributed by atoms with Crippen LogP contribution in [-0.2, 0) is 11.2 Å². The summed E-state index contributed by atoms with van der Waals surface area (Å²) < 4.78 is 5.23. The normalized spacial score (nSPS) is 19.5. The molecule has 1 aromatic carbocycles. The van der Waals surface area contributed by atoms with Crippen molar-refractivity contribution < 1.29 is 4.74 Å². The van der Waals surface area contributed by atoms with Crippen molar-refractivity contribution in [1.82, 2.24) is 0 Å². The maximum absolute atomic E-state index is 5.23. The maximum Gasteiger partial charge on any atom is 0.0545 e. The summed E-state index contributed by atoms with van der Waals surface area (Å²) in [6, 6.07) is 8.80. The highest BCUT2D eigenvalue weighted by molar-refractivity contribution is 5.22. The van der Waals surface area contributed by atoms with Crippen LogP contribution in [0.15, 0.2) is 24.3 Å². The van der Waals surface area contributed by atoms with Crippen LogP contribution in [-0.4, -0.2) is 13.2 Å². The molecule has 0 amide bonds. The molecule has 0 aromatic heterocycles. The van der Waals surface area contributed by atoms with Gasteiger partial charge in [0, 0.05) is 5.41 Å². The third-order valence-electron chi connectivity index (χ3n) is 2.65. The molecule has 13 heavy (non-hydrogen) atoms. The number of aryl methyl sites for hydroxylation is 1. The molecule has 0 bridgehead atoms. The van der Waals surface area contributed by atoms with Gasteiger partial charge in [0.15, 0.2) is 0 Å². The Morgan fingerprint density at radius 3 is 2.31 bits per heavy atom. The Morgan fingerprint density at radius 2 is 1.85 bits per heavy atom. The van der Waals surface area contributed by atoms with E-state index in [4.69, 9.17) is 4.74 Å². The van der Waals surface area contributed by atoms with Crippen molar-refractivity contribution in [2.24, 2.45) is 5.41 Å². The van der Waals surface area contributed by atoms with E-state index in [0.717, 1.165) is 19.6 Å². The van der Waals surface area contributed by atoms with Crippen LogP contribution in [0.4, 0.5) is 0 Å². The minimum atomic E-state index is 0.398. The molecule has 0 atom stereocenters. The lowest BCUT2D eigenvalue weighted by atomic mass is 9.82. The van der Waals surface area contributed by atoms with E-state index >= 15 is 0 Å². The highest BCUT2D eigenvalue weighted by Gasteiger charge is 2.33. The summed E-state index contributed by atoms with van der Waals surface area (Å²) in [5, 5.41) is 0. The predicted octanol–water partition coefficient (Wildman–Crippen LogP) is 2.57. The van der Waals surface area contributed by atoms with Gasteiger partial charge in [-0.3, -0.25) is 0 Å². The molecule has 70 valence electrons. The molecular formula is C12H16O. The van der Waals surface area contributed by atoms with E-state index in [-0.39, 0.29) is 0 Å². The lowest BCUT2D eigenvalue weighted by Crippen LogP contribution is -2.41.